The number of nitrogens with zero attached hydrogens (tertiary/aromatic N) is 1. The average Bonchev–Trinajstić information content (AvgIpc) is 2.28. The van der Waals surface area contributed by atoms with E-state index in [1.54, 1.807) is 11.9 Å². The molecule has 0 spiro atoms. The molecule has 19 heavy (non-hydrogen) atoms. The Kier molecular flexibility index (Phi) is 5.48. The van der Waals surface area contributed by atoms with Gasteiger partial charge >= 0.3 is 7.12 Å². The van der Waals surface area contributed by atoms with Crippen molar-refractivity contribution in [1.29, 1.82) is 0 Å². The quantitative estimate of drug-likeness (QED) is 0.656. The molecule has 0 radical (unpaired) electrons. The Balaban J connectivity index is 2.69. The molecule has 106 valence electrons. The second-order valence-corrected chi connectivity index (χ2v) is 6.86. The van der Waals surface area contributed by atoms with E-state index >= 15 is 0 Å². The molecular weight excluding hydrogens is 272 g/mol. The molecule has 0 heterocycles. The van der Waals surface area contributed by atoms with Crippen LogP contribution in [0.3, 0.4) is 0 Å². The van der Waals surface area contributed by atoms with Gasteiger partial charge in [-0.1, -0.05) is 12.1 Å². The van der Waals surface area contributed by atoms with Crippen LogP contribution in [0.25, 0.3) is 0 Å². The van der Waals surface area contributed by atoms with Crippen molar-refractivity contribution in [3.8, 4) is 0 Å². The zero-order valence-corrected chi connectivity index (χ0v) is 11.7. The zero-order valence-electron chi connectivity index (χ0n) is 10.9. The fraction of sp³-hybridized carbons (Fsp3) is 0.455. The van der Waals surface area contributed by atoms with E-state index in [4.69, 9.17) is 10.0 Å². The van der Waals surface area contributed by atoms with Crippen molar-refractivity contribution >= 4 is 22.4 Å². The maximum absolute atomic E-state index is 13.2. The largest absolute Gasteiger partial charge is 0.491 e. The lowest BCUT2D eigenvalue weighted by molar-refractivity contribution is 0.346. The third-order valence-corrected chi connectivity index (χ3v) is 3.56. The summed E-state index contributed by atoms with van der Waals surface area (Å²) in [7, 11) is -3.14. The van der Waals surface area contributed by atoms with E-state index in [0.717, 1.165) is 6.07 Å². The van der Waals surface area contributed by atoms with Gasteiger partial charge in [0.1, 0.15) is 15.7 Å². The summed E-state index contributed by atoms with van der Waals surface area (Å²) in [5.74, 6) is -0.641. The van der Waals surface area contributed by atoms with Crippen molar-refractivity contribution in [1.82, 2.24) is 4.90 Å². The van der Waals surface area contributed by atoms with E-state index in [1.807, 2.05) is 0 Å². The molecule has 0 aromatic heterocycles. The fourth-order valence-corrected chi connectivity index (χ4v) is 2.25. The van der Waals surface area contributed by atoms with Gasteiger partial charge in [-0.3, -0.25) is 0 Å². The normalized spacial score (nSPS) is 11.9. The predicted molar refractivity (Wildman–Crippen MR) is 72.3 cm³/mol. The van der Waals surface area contributed by atoms with Crippen LogP contribution in [-0.2, 0) is 16.4 Å². The molecule has 0 aliphatic carbocycles. The van der Waals surface area contributed by atoms with Gasteiger partial charge in [-0.25, -0.2) is 12.8 Å². The molecular formula is C11H17BFNO4S. The third-order valence-electron chi connectivity index (χ3n) is 2.63. The van der Waals surface area contributed by atoms with Crippen LogP contribution in [0.15, 0.2) is 18.2 Å². The van der Waals surface area contributed by atoms with Crippen LogP contribution in [0.4, 0.5) is 4.39 Å². The Bertz CT molecular complexity index is 535. The molecule has 0 aliphatic heterocycles. The summed E-state index contributed by atoms with van der Waals surface area (Å²) >= 11 is 0. The molecule has 2 N–H and O–H groups in total. The highest BCUT2D eigenvalue weighted by atomic mass is 32.2. The molecule has 0 aliphatic rings. The minimum Gasteiger partial charge on any atom is -0.423 e. The minimum atomic E-state index is -3.02. The monoisotopic (exact) mass is 289 g/mol. The number of halogens is 1. The van der Waals surface area contributed by atoms with Crippen molar-refractivity contribution in [2.24, 2.45) is 0 Å². The Morgan fingerprint density at radius 3 is 2.53 bits per heavy atom. The first-order chi connectivity index (χ1) is 8.69. The first-order valence-electron chi connectivity index (χ1n) is 5.70. The average molecular weight is 289 g/mol. The zero-order chi connectivity index (χ0) is 14.6. The Hall–Kier alpha value is -0.955. The van der Waals surface area contributed by atoms with Gasteiger partial charge in [-0.15, -0.1) is 0 Å². The molecule has 0 fully saturated rings. The number of hydrogen-bond donors (Lipinski definition) is 2. The first-order valence-corrected chi connectivity index (χ1v) is 7.76. The molecule has 0 unspecified atom stereocenters. The van der Waals surface area contributed by atoms with Gasteiger partial charge in [0.25, 0.3) is 0 Å². The summed E-state index contributed by atoms with van der Waals surface area (Å²) in [6.45, 7) is 0.753. The summed E-state index contributed by atoms with van der Waals surface area (Å²) < 4.78 is 35.3. The summed E-state index contributed by atoms with van der Waals surface area (Å²) in [6.07, 6.45) is 1.17. The summed E-state index contributed by atoms with van der Waals surface area (Å²) in [5, 5.41) is 18.0. The van der Waals surface area contributed by atoms with Crippen molar-refractivity contribution in [2.45, 2.75) is 6.54 Å². The molecule has 0 atom stereocenters. The van der Waals surface area contributed by atoms with Crippen LogP contribution in [0.2, 0.25) is 0 Å². The topological polar surface area (TPSA) is 77.8 Å². The lowest BCUT2D eigenvalue weighted by Gasteiger charge is -2.16. The molecule has 1 aromatic rings. The lowest BCUT2D eigenvalue weighted by Crippen LogP contribution is -2.33. The van der Waals surface area contributed by atoms with Gasteiger partial charge < -0.3 is 14.9 Å². The Labute approximate surface area is 112 Å². The SMILES string of the molecule is CN(CCS(C)(=O)=O)Cc1ccc(F)c(B(O)O)c1. The molecule has 0 amide bonds. The maximum atomic E-state index is 13.2. The van der Waals surface area contributed by atoms with E-state index in [9.17, 15) is 12.8 Å². The molecule has 0 saturated carbocycles. The highest BCUT2D eigenvalue weighted by Crippen LogP contribution is 2.05. The number of benzene rings is 1. The number of sulfone groups is 1. The first kappa shape index (κ1) is 16.1. The number of hydrogen-bond acceptors (Lipinski definition) is 5. The van der Waals surface area contributed by atoms with E-state index in [2.05, 4.69) is 0 Å². The van der Waals surface area contributed by atoms with Crippen LogP contribution in [0.5, 0.6) is 0 Å². The standard InChI is InChI=1S/C11H17BFNO4S/c1-14(5-6-19(2,17)18)8-9-3-4-11(13)10(7-9)12(15)16/h3-4,7,15-16H,5-6,8H2,1-2H3. The van der Waals surface area contributed by atoms with E-state index < -0.39 is 22.8 Å². The van der Waals surface area contributed by atoms with Gasteiger partial charge in [-0.2, -0.15) is 0 Å². The number of rotatable bonds is 6. The smallest absolute Gasteiger partial charge is 0.423 e. The maximum Gasteiger partial charge on any atom is 0.491 e. The van der Waals surface area contributed by atoms with Crippen molar-refractivity contribution in [3.63, 3.8) is 0 Å². The van der Waals surface area contributed by atoms with E-state index in [-0.39, 0.29) is 11.2 Å². The van der Waals surface area contributed by atoms with Gasteiger partial charge in [0.2, 0.25) is 0 Å². The fourth-order valence-electron chi connectivity index (χ4n) is 1.60. The molecule has 1 rings (SSSR count). The van der Waals surface area contributed by atoms with Gasteiger partial charge in [0.15, 0.2) is 0 Å². The third kappa shape index (κ3) is 5.69. The van der Waals surface area contributed by atoms with Crippen LogP contribution < -0.4 is 5.46 Å². The molecule has 8 heteroatoms. The summed E-state index contributed by atoms with van der Waals surface area (Å²) in [4.78, 5) is 1.77. The van der Waals surface area contributed by atoms with Gasteiger partial charge in [0, 0.05) is 24.8 Å². The predicted octanol–water partition coefficient (Wildman–Crippen LogP) is -1.02. The highest BCUT2D eigenvalue weighted by Gasteiger charge is 2.17. The molecule has 1 aromatic carbocycles. The van der Waals surface area contributed by atoms with E-state index in [0.29, 0.717) is 18.7 Å². The molecule has 0 saturated heterocycles. The highest BCUT2D eigenvalue weighted by molar-refractivity contribution is 7.90. The van der Waals surface area contributed by atoms with Crippen molar-refractivity contribution < 1.29 is 22.9 Å². The second kappa shape index (κ2) is 6.47. The molecule has 5 nitrogen and oxygen atoms in total. The van der Waals surface area contributed by atoms with Crippen molar-refractivity contribution in [2.75, 3.05) is 25.6 Å². The second-order valence-electron chi connectivity index (χ2n) is 4.60. The lowest BCUT2D eigenvalue weighted by atomic mass is 9.79. The van der Waals surface area contributed by atoms with E-state index in [1.165, 1.54) is 18.4 Å². The Morgan fingerprint density at radius 2 is 2.00 bits per heavy atom. The van der Waals surface area contributed by atoms with Crippen LogP contribution >= 0.6 is 0 Å². The van der Waals surface area contributed by atoms with Gasteiger partial charge in [-0.05, 0) is 18.7 Å². The molecule has 0 bridgehead atoms. The van der Waals surface area contributed by atoms with Crippen LogP contribution in [0, 0.1) is 5.82 Å². The minimum absolute atomic E-state index is 0.0418. The van der Waals surface area contributed by atoms with Gasteiger partial charge in [0.05, 0.1) is 5.75 Å². The Morgan fingerprint density at radius 1 is 1.37 bits per heavy atom. The summed E-state index contributed by atoms with van der Waals surface area (Å²) in [5.41, 5.74) is 0.495. The van der Waals surface area contributed by atoms with Crippen LogP contribution in [-0.4, -0.2) is 56.1 Å². The summed E-state index contributed by atoms with van der Waals surface area (Å²) in [6, 6.07) is 4.05. The van der Waals surface area contributed by atoms with Crippen LogP contribution in [0.1, 0.15) is 5.56 Å². The van der Waals surface area contributed by atoms with Crippen molar-refractivity contribution in [3.05, 3.63) is 29.6 Å².